The highest BCUT2D eigenvalue weighted by atomic mass is 79.9. The Labute approximate surface area is 123 Å². The molecule has 0 amide bonds. The first kappa shape index (κ1) is 12.9. The number of fused-ring (bicyclic) bond motifs is 1. The van der Waals surface area contributed by atoms with Gasteiger partial charge in [0.1, 0.15) is 17.6 Å². The number of aromatic nitrogens is 4. The van der Waals surface area contributed by atoms with E-state index in [1.54, 1.807) is 13.4 Å². The van der Waals surface area contributed by atoms with Crippen molar-refractivity contribution in [3.05, 3.63) is 40.9 Å². The average Bonchev–Trinajstić information content (AvgIpc) is 2.84. The minimum Gasteiger partial charge on any atom is -0.496 e. The smallest absolute Gasteiger partial charge is 0.165 e. The van der Waals surface area contributed by atoms with Crippen LogP contribution in [0.2, 0.25) is 0 Å². The number of methoxy groups -OCH3 is 1. The third kappa shape index (κ3) is 2.20. The van der Waals surface area contributed by atoms with Gasteiger partial charge in [0, 0.05) is 0 Å². The first-order valence-electron chi connectivity index (χ1n) is 5.93. The van der Waals surface area contributed by atoms with Crippen molar-refractivity contribution in [2.45, 2.75) is 6.54 Å². The van der Waals surface area contributed by atoms with Gasteiger partial charge in [0.2, 0.25) is 0 Å². The van der Waals surface area contributed by atoms with E-state index in [1.807, 2.05) is 22.8 Å². The Balaban J connectivity index is 1.97. The largest absolute Gasteiger partial charge is 0.496 e. The summed E-state index contributed by atoms with van der Waals surface area (Å²) in [7, 11) is 1.64. The second-order valence-electron chi connectivity index (χ2n) is 4.27. The lowest BCUT2D eigenvalue weighted by Gasteiger charge is -2.07. The molecule has 0 atom stereocenters. The van der Waals surface area contributed by atoms with Crippen molar-refractivity contribution in [2.75, 3.05) is 12.8 Å². The number of halogens is 1. The van der Waals surface area contributed by atoms with Crippen LogP contribution in [0, 0.1) is 0 Å². The van der Waals surface area contributed by atoms with Crippen molar-refractivity contribution in [1.82, 2.24) is 19.5 Å². The number of rotatable bonds is 3. The molecule has 7 heteroatoms. The monoisotopic (exact) mass is 333 g/mol. The predicted octanol–water partition coefficient (Wildman–Crippen LogP) is 2.23. The predicted molar refractivity (Wildman–Crippen MR) is 79.5 cm³/mol. The highest BCUT2D eigenvalue weighted by Gasteiger charge is 2.09. The zero-order valence-electron chi connectivity index (χ0n) is 10.7. The quantitative estimate of drug-likeness (QED) is 0.795. The molecule has 2 aromatic heterocycles. The molecule has 0 aliphatic rings. The SMILES string of the molecule is COc1ccc(Cn2cnc3c(N)ncnc32)cc1Br. The van der Waals surface area contributed by atoms with Crippen LogP contribution in [-0.2, 0) is 6.54 Å². The number of hydrogen-bond donors (Lipinski definition) is 1. The van der Waals surface area contributed by atoms with Gasteiger partial charge < -0.3 is 15.0 Å². The molecule has 0 bridgehead atoms. The summed E-state index contributed by atoms with van der Waals surface area (Å²) >= 11 is 3.48. The topological polar surface area (TPSA) is 78.9 Å². The molecular weight excluding hydrogens is 322 g/mol. The van der Waals surface area contributed by atoms with Gasteiger partial charge in [-0.05, 0) is 33.6 Å². The first-order valence-corrected chi connectivity index (χ1v) is 6.72. The molecule has 3 rings (SSSR count). The van der Waals surface area contributed by atoms with E-state index in [9.17, 15) is 0 Å². The van der Waals surface area contributed by atoms with E-state index in [1.165, 1.54) is 6.33 Å². The number of hydrogen-bond acceptors (Lipinski definition) is 5. The minimum atomic E-state index is 0.393. The van der Waals surface area contributed by atoms with Crippen LogP contribution in [0.5, 0.6) is 5.75 Å². The molecule has 2 heterocycles. The molecule has 2 N–H and O–H groups in total. The van der Waals surface area contributed by atoms with Gasteiger partial charge in [0.25, 0.3) is 0 Å². The van der Waals surface area contributed by atoms with Gasteiger partial charge in [-0.3, -0.25) is 0 Å². The van der Waals surface area contributed by atoms with Crippen LogP contribution >= 0.6 is 15.9 Å². The summed E-state index contributed by atoms with van der Waals surface area (Å²) in [6.07, 6.45) is 3.16. The van der Waals surface area contributed by atoms with Crippen LogP contribution < -0.4 is 10.5 Å². The maximum absolute atomic E-state index is 5.77. The van der Waals surface area contributed by atoms with Gasteiger partial charge in [-0.1, -0.05) is 6.07 Å². The van der Waals surface area contributed by atoms with E-state index in [2.05, 4.69) is 30.9 Å². The zero-order chi connectivity index (χ0) is 14.1. The number of nitrogens with zero attached hydrogens (tertiary/aromatic N) is 4. The van der Waals surface area contributed by atoms with Crippen LogP contribution in [-0.4, -0.2) is 26.6 Å². The van der Waals surface area contributed by atoms with Crippen LogP contribution in [0.1, 0.15) is 5.56 Å². The van der Waals surface area contributed by atoms with E-state index in [-0.39, 0.29) is 0 Å². The van der Waals surface area contributed by atoms with Crippen LogP contribution in [0.15, 0.2) is 35.3 Å². The summed E-state index contributed by atoms with van der Waals surface area (Å²) in [5.74, 6) is 1.19. The van der Waals surface area contributed by atoms with E-state index in [0.29, 0.717) is 17.9 Å². The lowest BCUT2D eigenvalue weighted by molar-refractivity contribution is 0.412. The molecule has 102 valence electrons. The fourth-order valence-corrected chi connectivity index (χ4v) is 2.61. The summed E-state index contributed by atoms with van der Waals surface area (Å²) < 4.78 is 8.06. The summed E-state index contributed by atoms with van der Waals surface area (Å²) in [5.41, 5.74) is 8.23. The third-order valence-corrected chi connectivity index (χ3v) is 3.62. The zero-order valence-corrected chi connectivity index (χ0v) is 12.3. The van der Waals surface area contributed by atoms with Crippen molar-refractivity contribution in [3.8, 4) is 5.75 Å². The summed E-state index contributed by atoms with van der Waals surface area (Å²) in [6, 6.07) is 5.93. The van der Waals surface area contributed by atoms with E-state index in [4.69, 9.17) is 10.5 Å². The van der Waals surface area contributed by atoms with Crippen molar-refractivity contribution >= 4 is 32.9 Å². The van der Waals surface area contributed by atoms with E-state index in [0.717, 1.165) is 21.4 Å². The van der Waals surface area contributed by atoms with Crippen molar-refractivity contribution in [3.63, 3.8) is 0 Å². The second-order valence-corrected chi connectivity index (χ2v) is 5.13. The van der Waals surface area contributed by atoms with Gasteiger partial charge in [-0.2, -0.15) is 0 Å². The summed E-state index contributed by atoms with van der Waals surface area (Å²) in [6.45, 7) is 0.648. The van der Waals surface area contributed by atoms with Crippen LogP contribution in [0.25, 0.3) is 11.2 Å². The normalized spacial score (nSPS) is 10.9. The molecule has 0 unspecified atom stereocenters. The number of benzene rings is 1. The number of ether oxygens (including phenoxy) is 1. The Morgan fingerprint density at radius 3 is 2.90 bits per heavy atom. The molecule has 0 spiro atoms. The van der Waals surface area contributed by atoms with Crippen LogP contribution in [0.4, 0.5) is 5.82 Å². The molecule has 1 aromatic carbocycles. The van der Waals surface area contributed by atoms with Gasteiger partial charge in [-0.15, -0.1) is 0 Å². The first-order chi connectivity index (χ1) is 9.69. The molecule has 20 heavy (non-hydrogen) atoms. The van der Waals surface area contributed by atoms with Crippen molar-refractivity contribution < 1.29 is 4.74 Å². The molecule has 3 aromatic rings. The summed E-state index contributed by atoms with van der Waals surface area (Å²) in [4.78, 5) is 12.4. The van der Waals surface area contributed by atoms with Gasteiger partial charge in [-0.25, -0.2) is 15.0 Å². The second kappa shape index (κ2) is 5.09. The maximum Gasteiger partial charge on any atom is 0.165 e. The fraction of sp³-hybridized carbons (Fsp3) is 0.154. The van der Waals surface area contributed by atoms with E-state index < -0.39 is 0 Å². The number of nitrogens with two attached hydrogens (primary N) is 1. The van der Waals surface area contributed by atoms with E-state index >= 15 is 0 Å². The Kier molecular flexibility index (Phi) is 3.27. The Bertz CT molecular complexity index is 771. The molecule has 0 saturated carbocycles. The standard InChI is InChI=1S/C13H12BrN5O/c1-20-10-3-2-8(4-9(10)14)5-19-7-18-11-12(15)16-6-17-13(11)19/h2-4,6-7H,5H2,1H3,(H2,15,16,17). The summed E-state index contributed by atoms with van der Waals surface area (Å²) in [5, 5.41) is 0. The molecular formula is C13H12BrN5O. The Morgan fingerprint density at radius 1 is 1.30 bits per heavy atom. The molecule has 6 nitrogen and oxygen atoms in total. The molecule has 0 radical (unpaired) electrons. The third-order valence-electron chi connectivity index (χ3n) is 3.00. The lowest BCUT2D eigenvalue weighted by atomic mass is 10.2. The molecule has 0 fully saturated rings. The fourth-order valence-electron chi connectivity index (χ4n) is 2.02. The number of imidazole rings is 1. The molecule has 0 aliphatic carbocycles. The molecule has 0 aliphatic heterocycles. The maximum atomic E-state index is 5.77. The Hall–Kier alpha value is -2.15. The van der Waals surface area contributed by atoms with Gasteiger partial charge in [0.15, 0.2) is 11.5 Å². The minimum absolute atomic E-state index is 0.393. The Morgan fingerprint density at radius 2 is 2.15 bits per heavy atom. The van der Waals surface area contributed by atoms with Crippen molar-refractivity contribution in [2.24, 2.45) is 0 Å². The van der Waals surface area contributed by atoms with Crippen molar-refractivity contribution in [1.29, 1.82) is 0 Å². The number of anilines is 1. The average molecular weight is 334 g/mol. The van der Waals surface area contributed by atoms with Gasteiger partial charge in [0.05, 0.1) is 24.5 Å². The highest BCUT2D eigenvalue weighted by molar-refractivity contribution is 9.10. The van der Waals surface area contributed by atoms with Crippen LogP contribution in [0.3, 0.4) is 0 Å². The lowest BCUT2D eigenvalue weighted by Crippen LogP contribution is -2.01. The number of nitrogen functional groups attached to an aromatic ring is 1. The van der Waals surface area contributed by atoms with Gasteiger partial charge >= 0.3 is 0 Å². The highest BCUT2D eigenvalue weighted by Crippen LogP contribution is 2.26. The molecule has 0 saturated heterocycles.